The fraction of sp³-hybridized carbons (Fsp3) is 0.769. The molecule has 0 aliphatic carbocycles. The first-order valence-electron chi connectivity index (χ1n) is 6.35. The zero-order valence-electron chi connectivity index (χ0n) is 12.5. The first-order chi connectivity index (χ1) is 10.2. The van der Waals surface area contributed by atoms with Crippen molar-refractivity contribution in [1.29, 1.82) is 0 Å². The van der Waals surface area contributed by atoms with Gasteiger partial charge in [0, 0.05) is 21.3 Å². The molecule has 0 aromatic rings. The normalized spacial score (nSPS) is 30.5. The van der Waals surface area contributed by atoms with E-state index in [0.29, 0.717) is 6.10 Å². The molecule has 123 valence electrons. The third-order valence-electron chi connectivity index (χ3n) is 2.76. The molecule has 1 unspecified atom stereocenters. The maximum atomic E-state index is 10.0. The van der Waals surface area contributed by atoms with Crippen molar-refractivity contribution in [2.45, 2.75) is 24.6 Å². The van der Waals surface area contributed by atoms with Crippen molar-refractivity contribution in [2.75, 3.05) is 41.7 Å². The van der Waals surface area contributed by atoms with Gasteiger partial charge in [0.15, 0.2) is 12.4 Å². The first kappa shape index (κ1) is 18.5. The first-order valence-corrected chi connectivity index (χ1v) is 6.35. The van der Waals surface area contributed by atoms with Gasteiger partial charge in [0.1, 0.15) is 38.7 Å². The quantitative estimate of drug-likeness (QED) is 0.566. The van der Waals surface area contributed by atoms with Crippen LogP contribution in [-0.4, -0.2) is 71.4 Å². The highest BCUT2D eigenvalue weighted by Gasteiger charge is 2.47. The van der Waals surface area contributed by atoms with Crippen LogP contribution in [0.1, 0.15) is 0 Å². The van der Waals surface area contributed by atoms with E-state index in [1.165, 1.54) is 27.4 Å². The number of hydrogen-bond acceptors (Lipinski definition) is 8. The van der Waals surface area contributed by atoms with Crippen LogP contribution in [0.3, 0.4) is 0 Å². The predicted molar refractivity (Wildman–Crippen MR) is 70.8 cm³/mol. The van der Waals surface area contributed by atoms with Crippen LogP contribution in [0.5, 0.6) is 0 Å². The van der Waals surface area contributed by atoms with E-state index in [1.807, 2.05) is 0 Å². The molecule has 1 aliphatic heterocycles. The van der Waals surface area contributed by atoms with Gasteiger partial charge in [0.2, 0.25) is 0 Å². The van der Waals surface area contributed by atoms with E-state index in [9.17, 15) is 5.11 Å². The highest BCUT2D eigenvalue weighted by Crippen LogP contribution is 2.31. The molecule has 0 aromatic carbocycles. The zero-order chi connectivity index (χ0) is 15.7. The number of hydrogen-bond donors (Lipinski definition) is 1. The molecule has 0 spiro atoms. The summed E-state index contributed by atoms with van der Waals surface area (Å²) in [7, 11) is 4.46. The fourth-order valence-corrected chi connectivity index (χ4v) is 1.91. The Bertz CT molecular complexity index is 287. The monoisotopic (exact) mass is 307 g/mol. The molecule has 1 heterocycles. The lowest BCUT2D eigenvalue weighted by molar-refractivity contribution is -0.299. The van der Waals surface area contributed by atoms with E-state index in [2.05, 4.69) is 6.58 Å². The van der Waals surface area contributed by atoms with Gasteiger partial charge in [-0.2, -0.15) is 0 Å². The molecule has 4 atom stereocenters. The molecule has 8 heteroatoms. The van der Waals surface area contributed by atoms with Crippen LogP contribution in [0, 0.1) is 6.10 Å². The molecule has 1 aliphatic rings. The van der Waals surface area contributed by atoms with Crippen LogP contribution in [0.15, 0.2) is 12.7 Å². The molecule has 1 N–H and O–H groups in total. The number of rotatable bonds is 10. The maximum Gasteiger partial charge on any atom is 0.185 e. The summed E-state index contributed by atoms with van der Waals surface area (Å²) in [6.45, 7) is 3.62. The van der Waals surface area contributed by atoms with Gasteiger partial charge in [-0.3, -0.25) is 0 Å². The van der Waals surface area contributed by atoms with Crippen LogP contribution in [-0.2, 0) is 33.2 Å². The Morgan fingerprint density at radius 3 is 2.05 bits per heavy atom. The fourth-order valence-electron chi connectivity index (χ4n) is 1.91. The Labute approximate surface area is 124 Å². The molecule has 0 amide bonds. The minimum atomic E-state index is -1.24. The number of ether oxygens (including phenoxy) is 7. The van der Waals surface area contributed by atoms with Gasteiger partial charge < -0.3 is 38.3 Å². The lowest BCUT2D eigenvalue weighted by atomic mass is 9.98. The van der Waals surface area contributed by atoms with Gasteiger partial charge in [-0.25, -0.2) is 0 Å². The number of aliphatic hydroxyl groups is 1. The highest BCUT2D eigenvalue weighted by atomic mass is 16.7. The van der Waals surface area contributed by atoms with Gasteiger partial charge in [0.05, 0.1) is 0 Å². The van der Waals surface area contributed by atoms with Crippen LogP contribution in [0.2, 0.25) is 0 Å². The average molecular weight is 307 g/mol. The summed E-state index contributed by atoms with van der Waals surface area (Å²) >= 11 is 0. The number of aliphatic hydroxyl groups excluding tert-OH is 1. The van der Waals surface area contributed by atoms with Crippen LogP contribution in [0.4, 0.5) is 0 Å². The maximum absolute atomic E-state index is 10.0. The van der Waals surface area contributed by atoms with Crippen molar-refractivity contribution in [2.24, 2.45) is 0 Å². The van der Waals surface area contributed by atoms with Crippen molar-refractivity contribution in [3.05, 3.63) is 18.8 Å². The Morgan fingerprint density at radius 1 is 1.00 bits per heavy atom. The van der Waals surface area contributed by atoms with Gasteiger partial charge in [-0.1, -0.05) is 6.08 Å². The predicted octanol–water partition coefficient (Wildman–Crippen LogP) is 0.0203. The Hall–Kier alpha value is -0.580. The SMILES string of the molecule is C=C[C]1OC(O)[C@@H](OCOC)[C@@H](OCOC)[C@H]1OCOC. The van der Waals surface area contributed by atoms with E-state index in [-0.39, 0.29) is 20.4 Å². The second-order valence-electron chi connectivity index (χ2n) is 4.18. The Kier molecular flexibility index (Phi) is 8.97. The van der Waals surface area contributed by atoms with Gasteiger partial charge >= 0.3 is 0 Å². The van der Waals surface area contributed by atoms with E-state index in [0.717, 1.165) is 0 Å². The van der Waals surface area contributed by atoms with Gasteiger partial charge in [-0.15, -0.1) is 6.58 Å². The summed E-state index contributed by atoms with van der Waals surface area (Å²) in [4.78, 5) is 0. The second-order valence-corrected chi connectivity index (χ2v) is 4.18. The van der Waals surface area contributed by atoms with Crippen molar-refractivity contribution < 1.29 is 38.3 Å². The number of methoxy groups -OCH3 is 3. The minimum absolute atomic E-state index is 0.00148. The smallest absolute Gasteiger partial charge is 0.185 e. The topological polar surface area (TPSA) is 84.8 Å². The lowest BCUT2D eigenvalue weighted by Crippen LogP contribution is -2.57. The van der Waals surface area contributed by atoms with Crippen molar-refractivity contribution in [3.8, 4) is 0 Å². The van der Waals surface area contributed by atoms with E-state index >= 15 is 0 Å². The summed E-state index contributed by atoms with van der Waals surface area (Å²) < 4.78 is 36.5. The van der Waals surface area contributed by atoms with Crippen molar-refractivity contribution in [3.63, 3.8) is 0 Å². The van der Waals surface area contributed by atoms with Gasteiger partial charge in [0.25, 0.3) is 0 Å². The molecular formula is C13H23O8. The van der Waals surface area contributed by atoms with Crippen LogP contribution in [0.25, 0.3) is 0 Å². The molecule has 0 bridgehead atoms. The standard InChI is InChI=1S/C13H23O8/c1-5-9-10(18-6-15-2)11(19-7-16-3)12(13(14)21-9)20-8-17-4/h5,10-14H,1,6-8H2,2-4H3/t10-,11-,12-,13?/m0/s1. The Balaban J connectivity index is 2.85. The van der Waals surface area contributed by atoms with Crippen LogP contribution < -0.4 is 0 Å². The summed E-state index contributed by atoms with van der Waals surface area (Å²) in [6, 6.07) is 0. The highest BCUT2D eigenvalue weighted by molar-refractivity contribution is 5.12. The second kappa shape index (κ2) is 10.2. The zero-order valence-corrected chi connectivity index (χ0v) is 12.5. The minimum Gasteiger partial charge on any atom is -0.366 e. The van der Waals surface area contributed by atoms with E-state index < -0.39 is 24.6 Å². The molecule has 1 fully saturated rings. The third kappa shape index (κ3) is 5.28. The molecule has 8 nitrogen and oxygen atoms in total. The Morgan fingerprint density at radius 2 is 1.52 bits per heavy atom. The van der Waals surface area contributed by atoms with Crippen molar-refractivity contribution in [1.82, 2.24) is 0 Å². The molecule has 0 aromatic heterocycles. The molecule has 1 rings (SSSR count). The summed E-state index contributed by atoms with van der Waals surface area (Å²) in [5, 5.41) is 10.0. The third-order valence-corrected chi connectivity index (χ3v) is 2.76. The molecule has 1 radical (unpaired) electrons. The molecule has 1 saturated heterocycles. The lowest BCUT2D eigenvalue weighted by Gasteiger charge is -2.42. The summed E-state index contributed by atoms with van der Waals surface area (Å²) in [5.74, 6) is 0. The largest absolute Gasteiger partial charge is 0.366 e. The van der Waals surface area contributed by atoms with Crippen LogP contribution >= 0.6 is 0 Å². The van der Waals surface area contributed by atoms with Gasteiger partial charge in [-0.05, 0) is 0 Å². The molecular weight excluding hydrogens is 284 g/mol. The molecule has 21 heavy (non-hydrogen) atoms. The van der Waals surface area contributed by atoms with E-state index in [1.54, 1.807) is 0 Å². The summed E-state index contributed by atoms with van der Waals surface area (Å²) in [6.07, 6.45) is -1.60. The average Bonchev–Trinajstić information content (AvgIpc) is 2.50. The van der Waals surface area contributed by atoms with Crippen molar-refractivity contribution >= 4 is 0 Å². The van der Waals surface area contributed by atoms with E-state index in [4.69, 9.17) is 33.2 Å². The molecule has 0 saturated carbocycles. The summed E-state index contributed by atoms with van der Waals surface area (Å²) in [5.41, 5.74) is 0.